The third-order valence-corrected chi connectivity index (χ3v) is 5.02. The fourth-order valence-electron chi connectivity index (χ4n) is 3.45. The summed E-state index contributed by atoms with van der Waals surface area (Å²) in [6, 6.07) is 7.52. The van der Waals surface area contributed by atoms with Gasteiger partial charge in [-0.25, -0.2) is 14.8 Å². The van der Waals surface area contributed by atoms with Crippen molar-refractivity contribution in [1.29, 1.82) is 0 Å². The Labute approximate surface area is 185 Å². The highest BCUT2D eigenvalue weighted by Gasteiger charge is 2.34. The number of likely N-dealkylation sites (tertiary alicyclic amines) is 1. The first-order valence-electron chi connectivity index (χ1n) is 10.2. The summed E-state index contributed by atoms with van der Waals surface area (Å²) in [7, 11) is 0. The second-order valence-corrected chi connectivity index (χ2v) is 8.59. The molecule has 1 aromatic carbocycles. The number of terminal acetylenes is 1. The minimum atomic E-state index is -4.61. The summed E-state index contributed by atoms with van der Waals surface area (Å²) in [5, 5.41) is 2.88. The molecule has 170 valence electrons. The molecule has 0 bridgehead atoms. The van der Waals surface area contributed by atoms with E-state index < -0.39 is 23.0 Å². The first-order valence-corrected chi connectivity index (χ1v) is 10.2. The van der Waals surface area contributed by atoms with E-state index in [0.29, 0.717) is 30.9 Å². The van der Waals surface area contributed by atoms with Crippen LogP contribution in [0.25, 0.3) is 0 Å². The van der Waals surface area contributed by atoms with Gasteiger partial charge in [0, 0.05) is 25.0 Å². The van der Waals surface area contributed by atoms with Crippen LogP contribution in [0.1, 0.15) is 56.4 Å². The fraction of sp³-hybridized carbons (Fsp3) is 0.435. The standard InChI is InChI=1S/C23H25F3N4O2/c1-5-19-18(23(24,25)26)14-27-20(29-19)28-17-8-6-15(7-9-17)16-10-12-30(13-11-16)21(31)32-22(2,3)4/h1,6-9,14,16H,10-13H2,2-4H3,(H,27,28,29). The van der Waals surface area contributed by atoms with Crippen LogP contribution in [0.3, 0.4) is 0 Å². The van der Waals surface area contributed by atoms with Gasteiger partial charge in [-0.05, 0) is 63.1 Å². The Morgan fingerprint density at radius 1 is 1.19 bits per heavy atom. The summed E-state index contributed by atoms with van der Waals surface area (Å²) in [6.45, 7) is 6.77. The number of halogens is 3. The van der Waals surface area contributed by atoms with Crippen LogP contribution in [0.2, 0.25) is 0 Å². The van der Waals surface area contributed by atoms with Crippen LogP contribution in [-0.4, -0.2) is 39.7 Å². The van der Waals surface area contributed by atoms with E-state index in [1.807, 2.05) is 51.0 Å². The number of piperidine rings is 1. The van der Waals surface area contributed by atoms with Gasteiger partial charge in [0.25, 0.3) is 0 Å². The van der Waals surface area contributed by atoms with Gasteiger partial charge in [0.15, 0.2) is 0 Å². The van der Waals surface area contributed by atoms with Crippen molar-refractivity contribution in [2.75, 3.05) is 18.4 Å². The van der Waals surface area contributed by atoms with Gasteiger partial charge in [0.2, 0.25) is 5.95 Å². The van der Waals surface area contributed by atoms with Gasteiger partial charge in [0.05, 0.1) is 0 Å². The van der Waals surface area contributed by atoms with Crippen molar-refractivity contribution in [2.24, 2.45) is 0 Å². The molecule has 0 spiro atoms. The third kappa shape index (κ3) is 5.90. The third-order valence-electron chi connectivity index (χ3n) is 5.02. The number of rotatable bonds is 3. The van der Waals surface area contributed by atoms with Gasteiger partial charge in [-0.3, -0.25) is 0 Å². The molecular formula is C23H25F3N4O2. The van der Waals surface area contributed by atoms with E-state index >= 15 is 0 Å². The van der Waals surface area contributed by atoms with Crippen LogP contribution in [0.5, 0.6) is 0 Å². The second-order valence-electron chi connectivity index (χ2n) is 8.59. The highest BCUT2D eigenvalue weighted by molar-refractivity contribution is 5.68. The summed E-state index contributed by atoms with van der Waals surface area (Å²) in [6.07, 6.45) is 2.58. The molecule has 9 heteroatoms. The van der Waals surface area contributed by atoms with E-state index in [1.54, 1.807) is 4.90 Å². The average molecular weight is 446 g/mol. The number of amides is 1. The van der Waals surface area contributed by atoms with Crippen molar-refractivity contribution in [1.82, 2.24) is 14.9 Å². The molecule has 1 N–H and O–H groups in total. The van der Waals surface area contributed by atoms with Crippen LogP contribution in [0, 0.1) is 12.3 Å². The van der Waals surface area contributed by atoms with E-state index in [0.717, 1.165) is 18.4 Å². The summed E-state index contributed by atoms with van der Waals surface area (Å²) in [4.78, 5) is 21.4. The molecular weight excluding hydrogens is 421 g/mol. The number of hydrogen-bond acceptors (Lipinski definition) is 5. The number of carbonyl (C=O) groups excluding carboxylic acids is 1. The zero-order valence-corrected chi connectivity index (χ0v) is 18.2. The lowest BCUT2D eigenvalue weighted by molar-refractivity contribution is -0.138. The Bertz CT molecular complexity index is 1000. The number of anilines is 2. The maximum Gasteiger partial charge on any atom is 0.420 e. The smallest absolute Gasteiger partial charge is 0.420 e. The van der Waals surface area contributed by atoms with Crippen LogP contribution in [0.4, 0.5) is 29.6 Å². The van der Waals surface area contributed by atoms with Gasteiger partial charge in [-0.1, -0.05) is 12.1 Å². The van der Waals surface area contributed by atoms with E-state index in [-0.39, 0.29) is 12.0 Å². The largest absolute Gasteiger partial charge is 0.444 e. The van der Waals surface area contributed by atoms with Gasteiger partial charge < -0.3 is 15.0 Å². The molecule has 1 aromatic heterocycles. The van der Waals surface area contributed by atoms with Crippen LogP contribution >= 0.6 is 0 Å². The molecule has 6 nitrogen and oxygen atoms in total. The molecule has 1 aliphatic heterocycles. The topological polar surface area (TPSA) is 67.4 Å². The molecule has 1 amide bonds. The Morgan fingerprint density at radius 2 is 1.81 bits per heavy atom. The van der Waals surface area contributed by atoms with E-state index in [2.05, 4.69) is 15.3 Å². The van der Waals surface area contributed by atoms with Gasteiger partial charge in [-0.2, -0.15) is 13.2 Å². The molecule has 1 saturated heterocycles. The summed E-state index contributed by atoms with van der Waals surface area (Å²) in [5.74, 6) is 2.25. The molecule has 32 heavy (non-hydrogen) atoms. The minimum Gasteiger partial charge on any atom is -0.444 e. The number of hydrogen-bond donors (Lipinski definition) is 1. The molecule has 3 rings (SSSR count). The number of nitrogens with zero attached hydrogens (tertiary/aromatic N) is 3. The lowest BCUT2D eigenvalue weighted by atomic mass is 9.89. The quantitative estimate of drug-likeness (QED) is 0.645. The molecule has 2 heterocycles. The lowest BCUT2D eigenvalue weighted by Gasteiger charge is -2.33. The normalized spacial score (nSPS) is 15.2. The first-order chi connectivity index (χ1) is 15.0. The van der Waals surface area contributed by atoms with Crippen molar-refractivity contribution < 1.29 is 22.7 Å². The molecule has 1 aliphatic rings. The molecule has 0 saturated carbocycles. The van der Waals surface area contributed by atoms with Gasteiger partial charge in [0.1, 0.15) is 16.9 Å². The number of carbonyl (C=O) groups is 1. The predicted molar refractivity (Wildman–Crippen MR) is 114 cm³/mol. The Kier molecular flexibility index (Phi) is 6.63. The SMILES string of the molecule is C#Cc1nc(Nc2ccc(C3CCN(C(=O)OC(C)(C)C)CC3)cc2)ncc1C(F)(F)F. The van der Waals surface area contributed by atoms with Crippen molar-refractivity contribution in [3.05, 3.63) is 47.3 Å². The molecule has 0 aliphatic carbocycles. The molecule has 0 atom stereocenters. The van der Waals surface area contributed by atoms with E-state index in [9.17, 15) is 18.0 Å². The fourth-order valence-corrected chi connectivity index (χ4v) is 3.45. The first kappa shape index (κ1) is 23.4. The number of nitrogens with one attached hydrogen (secondary N) is 1. The van der Waals surface area contributed by atoms with Crippen molar-refractivity contribution in [2.45, 2.75) is 51.3 Å². The zero-order chi connectivity index (χ0) is 23.5. The van der Waals surface area contributed by atoms with Crippen molar-refractivity contribution >= 4 is 17.7 Å². The average Bonchev–Trinajstić information content (AvgIpc) is 2.72. The highest BCUT2D eigenvalue weighted by atomic mass is 19.4. The van der Waals surface area contributed by atoms with Crippen LogP contribution in [0.15, 0.2) is 30.5 Å². The Balaban J connectivity index is 1.61. The maximum absolute atomic E-state index is 12.9. The monoisotopic (exact) mass is 446 g/mol. The summed E-state index contributed by atoms with van der Waals surface area (Å²) < 4.78 is 44.2. The lowest BCUT2D eigenvalue weighted by Crippen LogP contribution is -2.41. The summed E-state index contributed by atoms with van der Waals surface area (Å²) >= 11 is 0. The number of benzene rings is 1. The zero-order valence-electron chi connectivity index (χ0n) is 18.2. The van der Waals surface area contributed by atoms with Gasteiger partial charge in [-0.15, -0.1) is 6.42 Å². The molecule has 1 fully saturated rings. The van der Waals surface area contributed by atoms with Crippen molar-refractivity contribution in [3.8, 4) is 12.3 Å². The van der Waals surface area contributed by atoms with Crippen LogP contribution in [-0.2, 0) is 10.9 Å². The van der Waals surface area contributed by atoms with E-state index in [4.69, 9.17) is 11.2 Å². The molecule has 2 aromatic rings. The van der Waals surface area contributed by atoms with E-state index in [1.165, 1.54) is 0 Å². The molecule has 0 unspecified atom stereocenters. The Hall–Kier alpha value is -3.28. The number of alkyl halides is 3. The number of ether oxygens (including phenoxy) is 1. The van der Waals surface area contributed by atoms with Crippen LogP contribution < -0.4 is 5.32 Å². The number of aromatic nitrogens is 2. The highest BCUT2D eigenvalue weighted by Crippen LogP contribution is 2.32. The molecule has 0 radical (unpaired) electrons. The predicted octanol–water partition coefficient (Wildman–Crippen LogP) is 5.33. The Morgan fingerprint density at radius 3 is 2.34 bits per heavy atom. The van der Waals surface area contributed by atoms with Crippen molar-refractivity contribution in [3.63, 3.8) is 0 Å². The summed E-state index contributed by atoms with van der Waals surface area (Å²) in [5.41, 5.74) is -0.323. The van der Waals surface area contributed by atoms with Gasteiger partial charge >= 0.3 is 12.3 Å². The maximum atomic E-state index is 12.9. The minimum absolute atomic E-state index is 0.00984. The second kappa shape index (κ2) is 9.07.